The minimum atomic E-state index is -0.496. The Kier molecular flexibility index (Phi) is 4.61. The van der Waals surface area contributed by atoms with E-state index in [1.54, 1.807) is 7.11 Å². The number of aliphatic hydroxyl groups excluding tert-OH is 1. The highest BCUT2D eigenvalue weighted by molar-refractivity contribution is 9.10. The van der Waals surface area contributed by atoms with Crippen molar-refractivity contribution in [3.05, 3.63) is 63.6 Å². The van der Waals surface area contributed by atoms with Gasteiger partial charge in [0.05, 0.1) is 13.2 Å². The molecule has 0 amide bonds. The van der Waals surface area contributed by atoms with Crippen molar-refractivity contribution in [2.24, 2.45) is 0 Å². The van der Waals surface area contributed by atoms with Gasteiger partial charge in [0.2, 0.25) is 0 Å². The van der Waals surface area contributed by atoms with Crippen molar-refractivity contribution in [1.29, 1.82) is 0 Å². The maximum atomic E-state index is 10.3. The molecule has 0 aliphatic heterocycles. The van der Waals surface area contributed by atoms with E-state index in [1.165, 1.54) is 0 Å². The maximum Gasteiger partial charge on any atom is 0.118 e. The van der Waals surface area contributed by atoms with Gasteiger partial charge in [-0.05, 0) is 47.9 Å². The predicted octanol–water partition coefficient (Wildman–Crippen LogP) is 4.04. The number of aryl methyl sites for hydroxylation is 1. The summed E-state index contributed by atoms with van der Waals surface area (Å²) in [6.07, 6.45) is 0.101. The van der Waals surface area contributed by atoms with E-state index >= 15 is 0 Å². The number of hydrogen-bond donors (Lipinski definition) is 1. The Labute approximate surface area is 122 Å². The molecule has 1 atom stereocenters. The number of methoxy groups -OCH3 is 1. The molecule has 0 bridgehead atoms. The zero-order valence-corrected chi connectivity index (χ0v) is 12.6. The molecule has 0 spiro atoms. The monoisotopic (exact) mass is 320 g/mol. The number of ether oxygens (including phenoxy) is 1. The summed E-state index contributed by atoms with van der Waals surface area (Å²) in [4.78, 5) is 0. The zero-order valence-electron chi connectivity index (χ0n) is 11.1. The molecule has 0 saturated heterocycles. The van der Waals surface area contributed by atoms with Gasteiger partial charge in [-0.2, -0.15) is 0 Å². The van der Waals surface area contributed by atoms with Crippen LogP contribution in [0.4, 0.5) is 0 Å². The molecule has 0 aliphatic rings. The lowest BCUT2D eigenvalue weighted by atomic mass is 10.00. The Balaban J connectivity index is 2.13. The minimum absolute atomic E-state index is 0.496. The molecule has 0 aliphatic carbocycles. The predicted molar refractivity (Wildman–Crippen MR) is 80.5 cm³/mol. The molecular formula is C16H17BrO2. The first kappa shape index (κ1) is 14.1. The largest absolute Gasteiger partial charge is 0.497 e. The van der Waals surface area contributed by atoms with Crippen LogP contribution in [0, 0.1) is 6.92 Å². The van der Waals surface area contributed by atoms with E-state index < -0.39 is 6.10 Å². The van der Waals surface area contributed by atoms with E-state index in [9.17, 15) is 5.11 Å². The van der Waals surface area contributed by atoms with E-state index in [-0.39, 0.29) is 0 Å². The summed E-state index contributed by atoms with van der Waals surface area (Å²) < 4.78 is 6.12. The summed E-state index contributed by atoms with van der Waals surface area (Å²) in [5.41, 5.74) is 3.16. The van der Waals surface area contributed by atoms with Gasteiger partial charge >= 0.3 is 0 Å². The van der Waals surface area contributed by atoms with E-state index in [4.69, 9.17) is 4.74 Å². The molecule has 3 heteroatoms. The molecule has 0 aromatic heterocycles. The lowest BCUT2D eigenvalue weighted by molar-refractivity contribution is 0.178. The SMILES string of the molecule is COc1ccc(CC(O)c2cc(C)cc(Br)c2)cc1. The normalized spacial score (nSPS) is 12.2. The van der Waals surface area contributed by atoms with Gasteiger partial charge < -0.3 is 9.84 Å². The molecule has 2 nitrogen and oxygen atoms in total. The van der Waals surface area contributed by atoms with Crippen LogP contribution >= 0.6 is 15.9 Å². The van der Waals surface area contributed by atoms with Gasteiger partial charge in [-0.25, -0.2) is 0 Å². The van der Waals surface area contributed by atoms with Crippen LogP contribution < -0.4 is 4.74 Å². The van der Waals surface area contributed by atoms with Crippen LogP contribution in [-0.4, -0.2) is 12.2 Å². The first-order chi connectivity index (χ1) is 9.08. The summed E-state index contributed by atoms with van der Waals surface area (Å²) in [5.74, 6) is 0.830. The quantitative estimate of drug-likeness (QED) is 0.921. The summed E-state index contributed by atoms with van der Waals surface area (Å²) >= 11 is 3.46. The first-order valence-electron chi connectivity index (χ1n) is 6.16. The highest BCUT2D eigenvalue weighted by Gasteiger charge is 2.10. The lowest BCUT2D eigenvalue weighted by Crippen LogP contribution is -2.02. The third kappa shape index (κ3) is 3.82. The topological polar surface area (TPSA) is 29.5 Å². The summed E-state index contributed by atoms with van der Waals surface area (Å²) in [6, 6.07) is 13.8. The minimum Gasteiger partial charge on any atom is -0.497 e. The third-order valence-corrected chi connectivity index (χ3v) is 3.50. The number of benzene rings is 2. The van der Waals surface area contributed by atoms with Gasteiger partial charge in [-0.3, -0.25) is 0 Å². The van der Waals surface area contributed by atoms with E-state index in [0.717, 1.165) is 26.9 Å². The van der Waals surface area contributed by atoms with Gasteiger partial charge in [-0.15, -0.1) is 0 Å². The van der Waals surface area contributed by atoms with Crippen molar-refractivity contribution in [3.8, 4) is 5.75 Å². The van der Waals surface area contributed by atoms with Crippen LogP contribution in [0.2, 0.25) is 0 Å². The van der Waals surface area contributed by atoms with Crippen LogP contribution in [0.15, 0.2) is 46.9 Å². The summed E-state index contributed by atoms with van der Waals surface area (Å²) in [6.45, 7) is 2.02. The standard InChI is InChI=1S/C16H17BrO2/c1-11-7-13(10-14(17)8-11)16(18)9-12-3-5-15(19-2)6-4-12/h3-8,10,16,18H,9H2,1-2H3. The summed E-state index contributed by atoms with van der Waals surface area (Å²) in [5, 5.41) is 10.3. The van der Waals surface area contributed by atoms with E-state index in [1.807, 2.05) is 49.4 Å². The number of rotatable bonds is 4. The van der Waals surface area contributed by atoms with Gasteiger partial charge in [0.15, 0.2) is 0 Å². The molecule has 1 N–H and O–H groups in total. The second kappa shape index (κ2) is 6.22. The van der Waals surface area contributed by atoms with Gasteiger partial charge in [0.1, 0.15) is 5.75 Å². The molecule has 2 rings (SSSR count). The van der Waals surface area contributed by atoms with Crippen molar-refractivity contribution in [1.82, 2.24) is 0 Å². The first-order valence-corrected chi connectivity index (χ1v) is 6.96. The van der Waals surface area contributed by atoms with Crippen molar-refractivity contribution >= 4 is 15.9 Å². The van der Waals surface area contributed by atoms with Gasteiger partial charge in [0, 0.05) is 10.9 Å². The maximum absolute atomic E-state index is 10.3. The summed E-state index contributed by atoms with van der Waals surface area (Å²) in [7, 11) is 1.65. The molecule has 19 heavy (non-hydrogen) atoms. The van der Waals surface area contributed by atoms with Crippen LogP contribution in [0.3, 0.4) is 0 Å². The van der Waals surface area contributed by atoms with E-state index in [0.29, 0.717) is 6.42 Å². The molecule has 0 fully saturated rings. The number of aliphatic hydroxyl groups is 1. The Bertz CT molecular complexity index is 529. The molecular weight excluding hydrogens is 304 g/mol. The van der Waals surface area contributed by atoms with Crippen LogP contribution in [0.25, 0.3) is 0 Å². The molecule has 0 heterocycles. The average molecular weight is 321 g/mol. The third-order valence-electron chi connectivity index (χ3n) is 3.04. The molecule has 100 valence electrons. The highest BCUT2D eigenvalue weighted by atomic mass is 79.9. The average Bonchev–Trinajstić information content (AvgIpc) is 2.38. The number of hydrogen-bond acceptors (Lipinski definition) is 2. The van der Waals surface area contributed by atoms with Crippen LogP contribution in [0.1, 0.15) is 22.8 Å². The molecule has 2 aromatic rings. The van der Waals surface area contributed by atoms with Crippen molar-refractivity contribution in [2.75, 3.05) is 7.11 Å². The van der Waals surface area contributed by atoms with Crippen LogP contribution in [0.5, 0.6) is 5.75 Å². The van der Waals surface area contributed by atoms with Crippen molar-refractivity contribution in [2.45, 2.75) is 19.4 Å². The Morgan fingerprint density at radius 1 is 1.16 bits per heavy atom. The van der Waals surface area contributed by atoms with Crippen LogP contribution in [-0.2, 0) is 6.42 Å². The molecule has 1 unspecified atom stereocenters. The lowest BCUT2D eigenvalue weighted by Gasteiger charge is -2.13. The molecule has 2 aromatic carbocycles. The van der Waals surface area contributed by atoms with Crippen molar-refractivity contribution < 1.29 is 9.84 Å². The Morgan fingerprint density at radius 3 is 2.42 bits per heavy atom. The molecule has 0 radical (unpaired) electrons. The smallest absolute Gasteiger partial charge is 0.118 e. The fourth-order valence-electron chi connectivity index (χ4n) is 2.06. The number of halogens is 1. The second-order valence-corrected chi connectivity index (χ2v) is 5.55. The van der Waals surface area contributed by atoms with Crippen molar-refractivity contribution in [3.63, 3.8) is 0 Å². The van der Waals surface area contributed by atoms with Gasteiger partial charge in [0.25, 0.3) is 0 Å². The highest BCUT2D eigenvalue weighted by Crippen LogP contribution is 2.24. The second-order valence-electron chi connectivity index (χ2n) is 4.63. The Morgan fingerprint density at radius 2 is 1.84 bits per heavy atom. The fourth-order valence-corrected chi connectivity index (χ4v) is 2.69. The zero-order chi connectivity index (χ0) is 13.8. The molecule has 0 saturated carbocycles. The van der Waals surface area contributed by atoms with E-state index in [2.05, 4.69) is 15.9 Å². The van der Waals surface area contributed by atoms with Gasteiger partial charge in [-0.1, -0.05) is 34.1 Å². The Hall–Kier alpha value is -1.32. The fraction of sp³-hybridized carbons (Fsp3) is 0.250.